The van der Waals surface area contributed by atoms with Gasteiger partial charge in [-0.05, 0) is 53.8 Å². The highest BCUT2D eigenvalue weighted by Crippen LogP contribution is 2.37. The number of carbonyl (C=O) groups excluding carboxylic acids is 1. The molecular weight excluding hydrogens is 410 g/mol. The number of hydrogen-bond donors (Lipinski definition) is 1. The lowest BCUT2D eigenvalue weighted by molar-refractivity contribution is -0.763. The van der Waals surface area contributed by atoms with E-state index in [0.717, 1.165) is 23.4 Å². The van der Waals surface area contributed by atoms with Crippen LogP contribution in [0.1, 0.15) is 31.5 Å². The second-order valence-electron chi connectivity index (χ2n) is 7.65. The Morgan fingerprint density at radius 2 is 1.90 bits per heavy atom. The number of rotatable bonds is 5. The fraction of sp³-hybridized carbons (Fsp3) is 0.304. The lowest BCUT2D eigenvalue weighted by Gasteiger charge is -2.32. The van der Waals surface area contributed by atoms with Gasteiger partial charge in [-0.15, -0.1) is 0 Å². The number of carbonyl (C=O) groups is 1. The maximum atomic E-state index is 13.4. The molecule has 0 fully saturated rings. The average Bonchev–Trinajstić information content (AvgIpc) is 2.77. The summed E-state index contributed by atoms with van der Waals surface area (Å²) in [5.41, 5.74) is 3.61. The molecule has 1 aromatic heterocycles. The number of amides is 1. The molecule has 1 unspecified atom stereocenters. The predicted octanol–water partition coefficient (Wildman–Crippen LogP) is 3.21. The molecule has 2 aromatic carbocycles. The van der Waals surface area contributed by atoms with Crippen molar-refractivity contribution in [3.8, 4) is 11.3 Å². The van der Waals surface area contributed by atoms with Crippen LogP contribution in [0.15, 0.2) is 58.5 Å². The number of aromatic nitrogens is 3. The summed E-state index contributed by atoms with van der Waals surface area (Å²) in [5, 5.41) is 5.22. The Morgan fingerprint density at radius 1 is 1.19 bits per heavy atom. The number of nitrogens with zero attached hydrogens (tertiary/aromatic N) is 4. The standard InChI is InChI=1S/C23H25N5O2S/c1-5-8-19(29)27-18-10-7-6-9-17(18)20-21(30)24-23(31-4)25-28(20)22(27)15-11-13-16(14-12-15)26(2)3/h6-7,9-14,22H,5,8H2,1-4H3/p+1. The van der Waals surface area contributed by atoms with Crippen LogP contribution in [0, 0.1) is 0 Å². The van der Waals surface area contributed by atoms with E-state index < -0.39 is 6.17 Å². The molecule has 0 bridgehead atoms. The van der Waals surface area contributed by atoms with Gasteiger partial charge in [-0.1, -0.05) is 30.8 Å². The molecule has 0 spiro atoms. The minimum atomic E-state index is -0.548. The van der Waals surface area contributed by atoms with Crippen molar-refractivity contribution in [2.45, 2.75) is 31.1 Å². The van der Waals surface area contributed by atoms with E-state index in [2.05, 4.69) is 4.98 Å². The van der Waals surface area contributed by atoms with Gasteiger partial charge in [0, 0.05) is 36.9 Å². The Morgan fingerprint density at radius 3 is 2.55 bits per heavy atom. The number of hydrogen-bond acceptors (Lipinski definition) is 5. The van der Waals surface area contributed by atoms with Gasteiger partial charge in [0.1, 0.15) is 0 Å². The first-order chi connectivity index (χ1) is 15.0. The van der Waals surface area contributed by atoms with Crippen molar-refractivity contribution in [3.05, 3.63) is 64.4 Å². The molecule has 1 aliphatic heterocycles. The van der Waals surface area contributed by atoms with Gasteiger partial charge < -0.3 is 4.90 Å². The van der Waals surface area contributed by atoms with E-state index in [9.17, 15) is 9.59 Å². The van der Waals surface area contributed by atoms with E-state index in [1.54, 1.807) is 9.58 Å². The Labute approximate surface area is 185 Å². The Hall–Kier alpha value is -3.13. The van der Waals surface area contributed by atoms with Gasteiger partial charge in [0.15, 0.2) is 0 Å². The zero-order valence-corrected chi connectivity index (χ0v) is 18.9. The molecule has 0 aliphatic carbocycles. The van der Waals surface area contributed by atoms with Gasteiger partial charge in [-0.2, -0.15) is 0 Å². The van der Waals surface area contributed by atoms with Crippen LogP contribution in [0.25, 0.3) is 11.3 Å². The lowest BCUT2D eigenvalue weighted by atomic mass is 10.0. The van der Waals surface area contributed by atoms with E-state index in [1.165, 1.54) is 11.8 Å². The van der Waals surface area contributed by atoms with Gasteiger partial charge in [0.05, 0.1) is 11.3 Å². The molecule has 1 atom stereocenters. The highest BCUT2D eigenvalue weighted by Gasteiger charge is 2.45. The summed E-state index contributed by atoms with van der Waals surface area (Å²) in [4.78, 5) is 33.1. The number of fused-ring (bicyclic) bond motifs is 3. The van der Waals surface area contributed by atoms with E-state index in [0.29, 0.717) is 22.8 Å². The first-order valence-electron chi connectivity index (χ1n) is 10.2. The monoisotopic (exact) mass is 436 g/mol. The van der Waals surface area contributed by atoms with Crippen LogP contribution >= 0.6 is 11.8 Å². The van der Waals surface area contributed by atoms with E-state index in [-0.39, 0.29) is 11.5 Å². The normalized spacial score (nSPS) is 14.7. The Bertz CT molecular complexity index is 1170. The summed E-state index contributed by atoms with van der Waals surface area (Å²) in [6, 6.07) is 15.6. The van der Waals surface area contributed by atoms with Gasteiger partial charge in [-0.25, -0.2) is 4.90 Å². The van der Waals surface area contributed by atoms with Crippen molar-refractivity contribution in [2.24, 2.45) is 0 Å². The minimum Gasteiger partial charge on any atom is -0.378 e. The second-order valence-corrected chi connectivity index (χ2v) is 8.44. The molecule has 3 aromatic rings. The zero-order valence-electron chi connectivity index (χ0n) is 18.1. The summed E-state index contributed by atoms with van der Waals surface area (Å²) >= 11 is 1.36. The number of para-hydroxylation sites is 1. The van der Waals surface area contributed by atoms with Crippen LogP contribution < -0.4 is 20.0 Å². The fourth-order valence-corrected chi connectivity index (χ4v) is 4.28. The summed E-state index contributed by atoms with van der Waals surface area (Å²) in [6.45, 7) is 1.99. The third-order valence-corrected chi connectivity index (χ3v) is 5.96. The predicted molar refractivity (Wildman–Crippen MR) is 124 cm³/mol. The molecule has 1 amide bonds. The summed E-state index contributed by atoms with van der Waals surface area (Å²) in [6.07, 6.45) is 2.46. The molecular formula is C23H26N5O2S+. The highest BCUT2D eigenvalue weighted by molar-refractivity contribution is 7.98. The quantitative estimate of drug-likeness (QED) is 0.491. The van der Waals surface area contributed by atoms with Crippen molar-refractivity contribution in [2.75, 3.05) is 30.2 Å². The molecule has 0 radical (unpaired) electrons. The number of aromatic amines is 1. The van der Waals surface area contributed by atoms with Crippen LogP contribution in [0.3, 0.4) is 0 Å². The third kappa shape index (κ3) is 3.72. The largest absolute Gasteiger partial charge is 0.378 e. The summed E-state index contributed by atoms with van der Waals surface area (Å²) < 4.78 is 1.70. The lowest BCUT2D eigenvalue weighted by Crippen LogP contribution is -2.60. The van der Waals surface area contributed by atoms with E-state index in [4.69, 9.17) is 5.10 Å². The molecule has 160 valence electrons. The van der Waals surface area contributed by atoms with Gasteiger partial charge in [0.2, 0.25) is 11.1 Å². The van der Waals surface area contributed by atoms with Crippen LogP contribution in [0.4, 0.5) is 11.4 Å². The fourth-order valence-electron chi connectivity index (χ4n) is 3.91. The maximum Gasteiger partial charge on any atom is 0.325 e. The third-order valence-electron chi connectivity index (χ3n) is 5.39. The Balaban J connectivity index is 2.01. The van der Waals surface area contributed by atoms with Crippen LogP contribution in [0.2, 0.25) is 0 Å². The average molecular weight is 437 g/mol. The van der Waals surface area contributed by atoms with Crippen molar-refractivity contribution < 1.29 is 9.48 Å². The topological polar surface area (TPSA) is 73.2 Å². The first kappa shape index (κ1) is 21.1. The van der Waals surface area contributed by atoms with Gasteiger partial charge >= 0.3 is 11.3 Å². The first-order valence-corrected chi connectivity index (χ1v) is 11.5. The number of anilines is 2. The molecule has 7 nitrogen and oxygen atoms in total. The Kier molecular flexibility index (Phi) is 5.82. The number of thioether (sulfide) groups is 1. The number of nitrogens with one attached hydrogen (secondary N) is 1. The SMILES string of the molecule is CCCC(=O)N1c2ccccc2-c2c(=O)[nH]c(SC)n[n+]2C1c1ccc(N(C)C)cc1. The van der Waals surface area contributed by atoms with Crippen molar-refractivity contribution >= 4 is 29.0 Å². The van der Waals surface area contributed by atoms with Crippen LogP contribution in [-0.4, -0.2) is 36.3 Å². The second kappa shape index (κ2) is 8.55. The van der Waals surface area contributed by atoms with Crippen LogP contribution in [0.5, 0.6) is 0 Å². The summed E-state index contributed by atoms with van der Waals surface area (Å²) in [5.74, 6) is 0.00238. The van der Waals surface area contributed by atoms with Crippen molar-refractivity contribution in [1.82, 2.24) is 10.1 Å². The molecule has 0 saturated heterocycles. The number of benzene rings is 2. The van der Waals surface area contributed by atoms with E-state index in [1.807, 2.05) is 80.7 Å². The minimum absolute atomic E-state index is 0.00238. The van der Waals surface area contributed by atoms with Crippen molar-refractivity contribution in [3.63, 3.8) is 0 Å². The summed E-state index contributed by atoms with van der Waals surface area (Å²) in [7, 11) is 3.97. The van der Waals surface area contributed by atoms with Crippen LogP contribution in [-0.2, 0) is 4.79 Å². The van der Waals surface area contributed by atoms with Gasteiger partial charge in [0.25, 0.3) is 6.17 Å². The van der Waals surface area contributed by atoms with E-state index >= 15 is 0 Å². The zero-order chi connectivity index (χ0) is 22.1. The van der Waals surface area contributed by atoms with Crippen molar-refractivity contribution in [1.29, 1.82) is 0 Å². The smallest absolute Gasteiger partial charge is 0.325 e. The molecule has 31 heavy (non-hydrogen) atoms. The molecule has 1 N–H and O–H groups in total. The molecule has 8 heteroatoms. The molecule has 1 aliphatic rings. The highest BCUT2D eigenvalue weighted by atomic mass is 32.2. The molecule has 2 heterocycles. The van der Waals surface area contributed by atoms with Gasteiger partial charge in [-0.3, -0.25) is 14.6 Å². The molecule has 0 saturated carbocycles. The maximum absolute atomic E-state index is 13.4. The number of H-pyrrole nitrogens is 1. The molecule has 4 rings (SSSR count).